The molecule has 2 atom stereocenters. The lowest BCUT2D eigenvalue weighted by molar-refractivity contribution is -0.140. The van der Waals surface area contributed by atoms with Gasteiger partial charge in [-0.05, 0) is 25.7 Å². The number of hydrogen-bond acceptors (Lipinski definition) is 4. The molecule has 1 N–H and O–H groups in total. The van der Waals surface area contributed by atoms with E-state index in [1.807, 2.05) is 6.92 Å². The topological polar surface area (TPSA) is 46.5 Å². The van der Waals surface area contributed by atoms with E-state index in [1.165, 1.54) is 83.3 Å². The van der Waals surface area contributed by atoms with E-state index >= 15 is 0 Å². The molecule has 0 rings (SSSR count). The molecule has 0 aromatic carbocycles. The fraction of sp³-hybridized carbons (Fsp3) is 0.880. The summed E-state index contributed by atoms with van der Waals surface area (Å²) < 4.78 is 4.72. The van der Waals surface area contributed by atoms with Gasteiger partial charge in [-0.15, -0.1) is 0 Å². The molecule has 0 aliphatic carbocycles. The van der Waals surface area contributed by atoms with Crippen LogP contribution in [0.1, 0.15) is 117 Å². The van der Waals surface area contributed by atoms with Crippen LogP contribution in [0.15, 0.2) is 11.6 Å². The molecular weight excluding hydrogens is 380 g/mol. The maximum Gasteiger partial charge on any atom is 0.306 e. The Kier molecular flexibility index (Phi) is 20.4. The molecule has 29 heavy (non-hydrogen) atoms. The van der Waals surface area contributed by atoms with Crippen molar-refractivity contribution in [1.82, 2.24) is 0 Å². The van der Waals surface area contributed by atoms with Crippen molar-refractivity contribution >= 4 is 17.7 Å². The molecule has 0 aromatic heterocycles. The van der Waals surface area contributed by atoms with E-state index in [2.05, 4.69) is 19.9 Å². The standard InChI is InChI=1S/C25H48O3S/c1-5-8-9-10-11-12-13-14-15-16-17-18-19-22(6-2)25(23(26)7-3)29-21-20-24(27)28-4/h19,23,25-26H,5-18,20-21H2,1-4H3/t23-,25+/m0/s1. The molecule has 172 valence electrons. The van der Waals surface area contributed by atoms with E-state index in [0.29, 0.717) is 12.2 Å². The number of hydrogen-bond donors (Lipinski definition) is 1. The first kappa shape index (κ1) is 28.5. The molecule has 3 nitrogen and oxygen atoms in total. The number of allylic oxidation sites excluding steroid dienone is 1. The zero-order valence-electron chi connectivity index (χ0n) is 19.7. The molecule has 4 heteroatoms. The lowest BCUT2D eigenvalue weighted by atomic mass is 10.0. The second kappa shape index (κ2) is 20.8. The third-order valence-electron chi connectivity index (χ3n) is 5.59. The van der Waals surface area contributed by atoms with Gasteiger partial charge in [0.05, 0.1) is 24.9 Å². The van der Waals surface area contributed by atoms with Crippen LogP contribution in [0.4, 0.5) is 0 Å². The Labute approximate surface area is 185 Å². The zero-order valence-corrected chi connectivity index (χ0v) is 20.5. The van der Waals surface area contributed by atoms with Crippen LogP contribution in [0.25, 0.3) is 0 Å². The number of carbonyl (C=O) groups is 1. The minimum Gasteiger partial charge on any atom is -0.469 e. The van der Waals surface area contributed by atoms with Gasteiger partial charge in [-0.1, -0.05) is 96.6 Å². The average molecular weight is 429 g/mol. The molecule has 0 heterocycles. The molecule has 0 aliphatic rings. The van der Waals surface area contributed by atoms with E-state index in [0.717, 1.165) is 19.3 Å². The molecule has 0 fully saturated rings. The molecule has 0 unspecified atom stereocenters. The van der Waals surface area contributed by atoms with E-state index in [-0.39, 0.29) is 17.3 Å². The smallest absolute Gasteiger partial charge is 0.306 e. The van der Waals surface area contributed by atoms with Crippen molar-refractivity contribution in [3.8, 4) is 0 Å². The number of carbonyl (C=O) groups excluding carboxylic acids is 1. The first-order valence-corrected chi connectivity index (χ1v) is 13.2. The lowest BCUT2D eigenvalue weighted by Crippen LogP contribution is -2.25. The number of aliphatic hydroxyl groups excluding tert-OH is 1. The summed E-state index contributed by atoms with van der Waals surface area (Å²) in [6.07, 6.45) is 20.3. The predicted molar refractivity (Wildman–Crippen MR) is 129 cm³/mol. The SMILES string of the molecule is CCCCCCCCCCCCCC=C(CC)[C@@H](SCCC(=O)OC)[C@@H](O)CC. The maximum atomic E-state index is 11.4. The first-order chi connectivity index (χ1) is 14.1. The Morgan fingerprint density at radius 2 is 1.48 bits per heavy atom. The highest BCUT2D eigenvalue weighted by Crippen LogP contribution is 2.28. The third kappa shape index (κ3) is 16.0. The summed E-state index contributed by atoms with van der Waals surface area (Å²) in [4.78, 5) is 11.4. The van der Waals surface area contributed by atoms with Crippen molar-refractivity contribution in [2.24, 2.45) is 0 Å². The van der Waals surface area contributed by atoms with Gasteiger partial charge in [-0.2, -0.15) is 11.8 Å². The molecule has 0 spiro atoms. The molecule has 0 saturated heterocycles. The maximum absolute atomic E-state index is 11.4. The van der Waals surface area contributed by atoms with Crippen LogP contribution in [0, 0.1) is 0 Å². The zero-order chi connectivity index (χ0) is 21.7. The Hall–Kier alpha value is -0.480. The summed E-state index contributed by atoms with van der Waals surface area (Å²) in [7, 11) is 1.43. The van der Waals surface area contributed by atoms with Crippen LogP contribution in [-0.2, 0) is 9.53 Å². The third-order valence-corrected chi connectivity index (χ3v) is 7.00. The largest absolute Gasteiger partial charge is 0.469 e. The van der Waals surface area contributed by atoms with Gasteiger partial charge in [0.2, 0.25) is 0 Å². The Morgan fingerprint density at radius 3 is 1.97 bits per heavy atom. The van der Waals surface area contributed by atoms with Crippen molar-refractivity contribution in [2.45, 2.75) is 128 Å². The summed E-state index contributed by atoms with van der Waals surface area (Å²) in [5.41, 5.74) is 1.33. The van der Waals surface area contributed by atoms with Gasteiger partial charge in [0.1, 0.15) is 0 Å². The van der Waals surface area contributed by atoms with Crippen molar-refractivity contribution in [1.29, 1.82) is 0 Å². The summed E-state index contributed by atoms with van der Waals surface area (Å²) in [5, 5.41) is 10.6. The quantitative estimate of drug-likeness (QED) is 0.124. The minimum atomic E-state index is -0.346. The minimum absolute atomic E-state index is 0.0994. The second-order valence-electron chi connectivity index (χ2n) is 8.05. The van der Waals surface area contributed by atoms with Gasteiger partial charge < -0.3 is 9.84 Å². The average Bonchev–Trinajstić information content (AvgIpc) is 2.74. The van der Waals surface area contributed by atoms with Crippen LogP contribution in [-0.4, -0.2) is 35.3 Å². The molecule has 0 aliphatic heterocycles. The van der Waals surface area contributed by atoms with Crippen LogP contribution in [0.2, 0.25) is 0 Å². The Morgan fingerprint density at radius 1 is 0.931 bits per heavy atom. The Balaban J connectivity index is 4.07. The van der Waals surface area contributed by atoms with E-state index in [1.54, 1.807) is 11.8 Å². The monoisotopic (exact) mass is 428 g/mol. The molecule has 0 radical (unpaired) electrons. The van der Waals surface area contributed by atoms with Crippen molar-refractivity contribution < 1.29 is 14.6 Å². The van der Waals surface area contributed by atoms with Crippen molar-refractivity contribution in [3.05, 3.63) is 11.6 Å². The van der Waals surface area contributed by atoms with E-state index in [4.69, 9.17) is 4.74 Å². The van der Waals surface area contributed by atoms with Gasteiger partial charge in [0, 0.05) is 5.75 Å². The highest BCUT2D eigenvalue weighted by Gasteiger charge is 2.21. The molecule has 0 amide bonds. The number of ether oxygens (including phenoxy) is 1. The van der Waals surface area contributed by atoms with Gasteiger partial charge in [-0.25, -0.2) is 0 Å². The number of methoxy groups -OCH3 is 1. The molecule has 0 aromatic rings. The van der Waals surface area contributed by atoms with Gasteiger partial charge in [-0.3, -0.25) is 4.79 Å². The van der Waals surface area contributed by atoms with E-state index in [9.17, 15) is 9.90 Å². The number of thioether (sulfide) groups is 1. The van der Waals surface area contributed by atoms with Gasteiger partial charge in [0.25, 0.3) is 0 Å². The fourth-order valence-corrected chi connectivity index (χ4v) is 5.04. The Bertz CT molecular complexity index is 409. The molecule has 0 saturated carbocycles. The number of unbranched alkanes of at least 4 members (excludes halogenated alkanes) is 11. The van der Waals surface area contributed by atoms with Crippen LogP contribution >= 0.6 is 11.8 Å². The summed E-state index contributed by atoms with van der Waals surface area (Å²) in [5.74, 6) is 0.523. The number of esters is 1. The van der Waals surface area contributed by atoms with E-state index < -0.39 is 0 Å². The van der Waals surface area contributed by atoms with Crippen LogP contribution < -0.4 is 0 Å². The molecule has 0 bridgehead atoms. The predicted octanol–water partition coefficient (Wildman–Crippen LogP) is 7.46. The normalized spacial score (nSPS) is 14.0. The summed E-state index contributed by atoms with van der Waals surface area (Å²) in [6, 6.07) is 0. The first-order valence-electron chi connectivity index (χ1n) is 12.2. The number of rotatable bonds is 20. The van der Waals surface area contributed by atoms with Gasteiger partial charge in [0.15, 0.2) is 0 Å². The second-order valence-corrected chi connectivity index (χ2v) is 9.30. The van der Waals surface area contributed by atoms with Crippen molar-refractivity contribution in [2.75, 3.05) is 12.9 Å². The molecular formula is C25H48O3S. The van der Waals surface area contributed by atoms with Crippen LogP contribution in [0.3, 0.4) is 0 Å². The highest BCUT2D eigenvalue weighted by atomic mass is 32.2. The van der Waals surface area contributed by atoms with Gasteiger partial charge >= 0.3 is 5.97 Å². The number of aliphatic hydroxyl groups is 1. The van der Waals surface area contributed by atoms with Crippen LogP contribution in [0.5, 0.6) is 0 Å². The summed E-state index contributed by atoms with van der Waals surface area (Å²) in [6.45, 7) is 6.47. The fourth-order valence-electron chi connectivity index (χ4n) is 3.61. The highest BCUT2D eigenvalue weighted by molar-refractivity contribution is 8.00. The lowest BCUT2D eigenvalue weighted by Gasteiger charge is -2.24. The summed E-state index contributed by atoms with van der Waals surface area (Å²) >= 11 is 1.70. The van der Waals surface area contributed by atoms with Crippen molar-refractivity contribution in [3.63, 3.8) is 0 Å².